The van der Waals surface area contributed by atoms with Gasteiger partial charge in [-0.25, -0.2) is 0 Å². The summed E-state index contributed by atoms with van der Waals surface area (Å²) in [6.45, 7) is 3.17. The van der Waals surface area contributed by atoms with Crippen molar-refractivity contribution in [3.63, 3.8) is 0 Å². The lowest BCUT2D eigenvalue weighted by Gasteiger charge is -2.12. The summed E-state index contributed by atoms with van der Waals surface area (Å²) < 4.78 is 10.0. The summed E-state index contributed by atoms with van der Waals surface area (Å²) in [5.74, 6) is -0.605. The maximum absolute atomic E-state index is 12.0. The van der Waals surface area contributed by atoms with Gasteiger partial charge in [-0.2, -0.15) is 0 Å². The Morgan fingerprint density at radius 1 is 0.931 bits per heavy atom. The molecular formula is C22H26N2O5. The monoisotopic (exact) mass is 398 g/mol. The molecule has 7 nitrogen and oxygen atoms in total. The van der Waals surface area contributed by atoms with Crippen molar-refractivity contribution in [1.82, 2.24) is 5.32 Å². The minimum Gasteiger partial charge on any atom is -0.497 e. The Bertz CT molecular complexity index is 842. The third kappa shape index (κ3) is 7.29. The van der Waals surface area contributed by atoms with Crippen molar-refractivity contribution >= 4 is 23.5 Å². The van der Waals surface area contributed by atoms with Crippen LogP contribution in [0.5, 0.6) is 5.75 Å². The second-order valence-electron chi connectivity index (χ2n) is 6.60. The van der Waals surface area contributed by atoms with Crippen molar-refractivity contribution in [2.75, 3.05) is 25.6 Å². The summed E-state index contributed by atoms with van der Waals surface area (Å²) in [6, 6.07) is 13.1. The molecule has 2 amide bonds. The molecule has 154 valence electrons. The number of rotatable bonds is 9. The number of hydrogen-bond acceptors (Lipinski definition) is 5. The Hall–Kier alpha value is -3.35. The first kappa shape index (κ1) is 21.9. The van der Waals surface area contributed by atoms with E-state index in [9.17, 15) is 14.4 Å². The molecule has 0 unspecified atom stereocenters. The maximum atomic E-state index is 12.0. The standard InChI is InChI=1S/C22H26N2O5/c1-15-5-4-6-16(2)22(15)24-19(25)13-23-20(26)14-29-21(27)12-9-17-7-10-18(28-3)11-8-17/h4-8,10-11H,9,12-14H2,1-3H3,(H,23,26)(H,24,25). The molecule has 0 bridgehead atoms. The highest BCUT2D eigenvalue weighted by molar-refractivity contribution is 5.96. The fourth-order valence-electron chi connectivity index (χ4n) is 2.68. The zero-order valence-electron chi connectivity index (χ0n) is 16.9. The van der Waals surface area contributed by atoms with Crippen LogP contribution in [0.3, 0.4) is 0 Å². The maximum Gasteiger partial charge on any atom is 0.306 e. The van der Waals surface area contributed by atoms with Crippen molar-refractivity contribution in [2.24, 2.45) is 0 Å². The molecule has 0 aromatic heterocycles. The van der Waals surface area contributed by atoms with Gasteiger partial charge in [0.2, 0.25) is 5.91 Å². The van der Waals surface area contributed by atoms with Crippen LogP contribution in [0.2, 0.25) is 0 Å². The van der Waals surface area contributed by atoms with Gasteiger partial charge in [-0.1, -0.05) is 30.3 Å². The van der Waals surface area contributed by atoms with Gasteiger partial charge in [0, 0.05) is 12.1 Å². The van der Waals surface area contributed by atoms with E-state index < -0.39 is 18.5 Å². The molecule has 0 aliphatic carbocycles. The molecule has 2 rings (SSSR count). The van der Waals surface area contributed by atoms with Crippen LogP contribution in [-0.2, 0) is 25.5 Å². The van der Waals surface area contributed by atoms with Crippen LogP contribution in [0.15, 0.2) is 42.5 Å². The zero-order chi connectivity index (χ0) is 21.2. The second kappa shape index (κ2) is 10.8. The van der Waals surface area contributed by atoms with Crippen molar-refractivity contribution in [1.29, 1.82) is 0 Å². The molecule has 2 N–H and O–H groups in total. The van der Waals surface area contributed by atoms with Gasteiger partial charge in [0.1, 0.15) is 5.75 Å². The van der Waals surface area contributed by atoms with E-state index in [2.05, 4.69) is 10.6 Å². The van der Waals surface area contributed by atoms with E-state index in [0.29, 0.717) is 6.42 Å². The summed E-state index contributed by atoms with van der Waals surface area (Å²) in [4.78, 5) is 35.6. The van der Waals surface area contributed by atoms with E-state index in [0.717, 1.165) is 28.1 Å². The lowest BCUT2D eigenvalue weighted by atomic mass is 10.1. The Labute approximate surface area is 170 Å². The topological polar surface area (TPSA) is 93.7 Å². The molecule has 7 heteroatoms. The molecule has 0 spiro atoms. The Morgan fingerprint density at radius 2 is 1.59 bits per heavy atom. The fraction of sp³-hybridized carbons (Fsp3) is 0.318. The Kier molecular flexibility index (Phi) is 8.21. The van der Waals surface area contributed by atoms with Crippen LogP contribution >= 0.6 is 0 Å². The zero-order valence-corrected chi connectivity index (χ0v) is 16.9. The number of carbonyl (C=O) groups is 3. The number of para-hydroxylation sites is 1. The fourth-order valence-corrected chi connectivity index (χ4v) is 2.68. The lowest BCUT2D eigenvalue weighted by molar-refractivity contribution is -0.148. The largest absolute Gasteiger partial charge is 0.497 e. The highest BCUT2D eigenvalue weighted by Crippen LogP contribution is 2.19. The van der Waals surface area contributed by atoms with E-state index in [1.807, 2.05) is 56.3 Å². The molecule has 0 heterocycles. The third-order valence-electron chi connectivity index (χ3n) is 4.33. The molecule has 0 radical (unpaired) electrons. The second-order valence-corrected chi connectivity index (χ2v) is 6.60. The van der Waals surface area contributed by atoms with Gasteiger partial charge >= 0.3 is 5.97 Å². The molecule has 29 heavy (non-hydrogen) atoms. The minimum absolute atomic E-state index is 0.159. The predicted octanol–water partition coefficient (Wildman–Crippen LogP) is 2.54. The third-order valence-corrected chi connectivity index (χ3v) is 4.33. The lowest BCUT2D eigenvalue weighted by Crippen LogP contribution is -2.35. The van der Waals surface area contributed by atoms with Crippen LogP contribution in [-0.4, -0.2) is 38.0 Å². The molecule has 0 atom stereocenters. The number of esters is 1. The van der Waals surface area contributed by atoms with E-state index in [1.165, 1.54) is 0 Å². The highest BCUT2D eigenvalue weighted by atomic mass is 16.5. The molecule has 0 aliphatic rings. The van der Waals surface area contributed by atoms with Gasteiger partial charge in [-0.15, -0.1) is 0 Å². The van der Waals surface area contributed by atoms with E-state index >= 15 is 0 Å². The smallest absolute Gasteiger partial charge is 0.306 e. The first-order chi connectivity index (χ1) is 13.9. The molecular weight excluding hydrogens is 372 g/mol. The SMILES string of the molecule is COc1ccc(CCC(=O)OCC(=O)NCC(=O)Nc2c(C)cccc2C)cc1. The molecule has 0 saturated heterocycles. The summed E-state index contributed by atoms with van der Waals surface area (Å²) >= 11 is 0. The van der Waals surface area contributed by atoms with Crippen LogP contribution in [0.25, 0.3) is 0 Å². The minimum atomic E-state index is -0.528. The molecule has 0 saturated carbocycles. The number of benzene rings is 2. The van der Waals surface area contributed by atoms with Crippen LogP contribution in [0.4, 0.5) is 5.69 Å². The van der Waals surface area contributed by atoms with E-state index in [-0.39, 0.29) is 18.9 Å². The van der Waals surface area contributed by atoms with E-state index in [1.54, 1.807) is 7.11 Å². The van der Waals surface area contributed by atoms with Crippen LogP contribution in [0.1, 0.15) is 23.1 Å². The molecule has 2 aromatic rings. The first-order valence-electron chi connectivity index (χ1n) is 9.30. The summed E-state index contributed by atoms with van der Waals surface area (Å²) in [5.41, 5.74) is 3.58. The number of anilines is 1. The normalized spacial score (nSPS) is 10.2. The van der Waals surface area contributed by atoms with Crippen LogP contribution < -0.4 is 15.4 Å². The summed E-state index contributed by atoms with van der Waals surface area (Å²) in [7, 11) is 1.59. The van der Waals surface area contributed by atoms with Gasteiger partial charge in [0.25, 0.3) is 5.91 Å². The number of amides is 2. The molecule has 2 aromatic carbocycles. The van der Waals surface area contributed by atoms with Crippen molar-refractivity contribution < 1.29 is 23.9 Å². The van der Waals surface area contributed by atoms with Gasteiger partial charge in [-0.05, 0) is 49.1 Å². The van der Waals surface area contributed by atoms with Gasteiger partial charge in [-0.3, -0.25) is 14.4 Å². The van der Waals surface area contributed by atoms with Crippen molar-refractivity contribution in [3.05, 3.63) is 59.2 Å². The average Bonchev–Trinajstić information content (AvgIpc) is 2.72. The molecule has 0 aliphatic heterocycles. The van der Waals surface area contributed by atoms with E-state index in [4.69, 9.17) is 9.47 Å². The number of hydrogen-bond donors (Lipinski definition) is 2. The van der Waals surface area contributed by atoms with Gasteiger partial charge in [0.05, 0.1) is 13.7 Å². The predicted molar refractivity (Wildman–Crippen MR) is 110 cm³/mol. The number of aryl methyl sites for hydroxylation is 3. The quantitative estimate of drug-likeness (QED) is 0.633. The number of carbonyl (C=O) groups excluding carboxylic acids is 3. The van der Waals surface area contributed by atoms with Gasteiger partial charge in [0.15, 0.2) is 6.61 Å². The number of methoxy groups -OCH3 is 1. The average molecular weight is 398 g/mol. The van der Waals surface area contributed by atoms with Gasteiger partial charge < -0.3 is 20.1 Å². The number of ether oxygens (including phenoxy) is 2. The van der Waals surface area contributed by atoms with Crippen molar-refractivity contribution in [2.45, 2.75) is 26.7 Å². The number of nitrogens with one attached hydrogen (secondary N) is 2. The Morgan fingerprint density at radius 3 is 2.21 bits per heavy atom. The highest BCUT2D eigenvalue weighted by Gasteiger charge is 2.11. The first-order valence-corrected chi connectivity index (χ1v) is 9.30. The summed E-state index contributed by atoms with van der Waals surface area (Å²) in [6.07, 6.45) is 0.662. The van der Waals surface area contributed by atoms with Crippen LogP contribution in [0, 0.1) is 13.8 Å². The molecule has 0 fully saturated rings. The van der Waals surface area contributed by atoms with Crippen molar-refractivity contribution in [3.8, 4) is 5.75 Å². The Balaban J connectivity index is 1.66. The summed E-state index contributed by atoms with van der Waals surface area (Å²) in [5, 5.41) is 5.22.